The van der Waals surface area contributed by atoms with Crippen LogP contribution in [0.5, 0.6) is 5.75 Å². The molecule has 4 rings (SSSR count). The van der Waals surface area contributed by atoms with Crippen molar-refractivity contribution in [1.29, 1.82) is 0 Å². The van der Waals surface area contributed by atoms with Gasteiger partial charge in [0.15, 0.2) is 5.82 Å². The molecule has 1 saturated carbocycles. The van der Waals surface area contributed by atoms with Gasteiger partial charge in [0.2, 0.25) is 0 Å². The summed E-state index contributed by atoms with van der Waals surface area (Å²) in [6.07, 6.45) is 3.99. The first-order chi connectivity index (χ1) is 12.2. The van der Waals surface area contributed by atoms with E-state index in [4.69, 9.17) is 4.74 Å². The van der Waals surface area contributed by atoms with Crippen molar-refractivity contribution in [1.82, 2.24) is 14.8 Å². The van der Waals surface area contributed by atoms with E-state index in [1.807, 2.05) is 24.9 Å². The molecule has 0 N–H and O–H groups in total. The Morgan fingerprint density at radius 3 is 2.60 bits per heavy atom. The van der Waals surface area contributed by atoms with Gasteiger partial charge in [-0.25, -0.2) is 4.98 Å². The second-order valence-electron chi connectivity index (χ2n) is 6.46. The fourth-order valence-corrected chi connectivity index (χ4v) is 4.17. The van der Waals surface area contributed by atoms with Crippen LogP contribution in [0.1, 0.15) is 29.8 Å². The van der Waals surface area contributed by atoms with Gasteiger partial charge in [0.25, 0.3) is 0 Å². The van der Waals surface area contributed by atoms with Crippen LogP contribution in [0.15, 0.2) is 59.8 Å². The molecule has 1 fully saturated rings. The average molecular weight is 351 g/mol. The van der Waals surface area contributed by atoms with Crippen LogP contribution in [-0.2, 0) is 18.2 Å². The Morgan fingerprint density at radius 2 is 1.96 bits per heavy atom. The number of rotatable bonds is 6. The summed E-state index contributed by atoms with van der Waals surface area (Å²) in [4.78, 5) is 5.68. The highest BCUT2D eigenvalue weighted by molar-refractivity contribution is 7.98. The molecule has 1 aliphatic carbocycles. The van der Waals surface area contributed by atoms with Gasteiger partial charge < -0.3 is 4.74 Å². The summed E-state index contributed by atoms with van der Waals surface area (Å²) < 4.78 is 7.36. The van der Waals surface area contributed by atoms with Crippen molar-refractivity contribution in [3.8, 4) is 5.75 Å². The van der Waals surface area contributed by atoms with E-state index in [0.717, 1.165) is 30.2 Å². The molecule has 1 aromatic heterocycles. The van der Waals surface area contributed by atoms with Crippen LogP contribution in [0, 0.1) is 0 Å². The number of aryl methyl sites for hydroxylation is 1. The van der Waals surface area contributed by atoms with Gasteiger partial charge in [0, 0.05) is 17.7 Å². The van der Waals surface area contributed by atoms with Crippen LogP contribution < -0.4 is 4.74 Å². The normalized spacial score (nSPS) is 15.1. The molecule has 0 spiro atoms. The number of hydrogen-bond donors (Lipinski definition) is 0. The number of benzene rings is 2. The number of methoxy groups -OCH3 is 1. The molecule has 0 unspecified atom stereocenters. The molecule has 1 aliphatic rings. The Labute approximate surface area is 152 Å². The Hall–Kier alpha value is -2.27. The lowest BCUT2D eigenvalue weighted by molar-refractivity contribution is 0.404. The maximum atomic E-state index is 5.58. The second-order valence-corrected chi connectivity index (χ2v) is 7.48. The zero-order chi connectivity index (χ0) is 17.3. The highest BCUT2D eigenvalue weighted by atomic mass is 32.2. The van der Waals surface area contributed by atoms with E-state index in [2.05, 4.69) is 52.5 Å². The fraction of sp³-hybridized carbons (Fsp3) is 0.300. The van der Waals surface area contributed by atoms with Crippen molar-refractivity contribution in [2.75, 3.05) is 7.11 Å². The van der Waals surface area contributed by atoms with Gasteiger partial charge in [-0.1, -0.05) is 36.4 Å². The first kappa shape index (κ1) is 16.2. The Balaban J connectivity index is 1.62. The summed E-state index contributed by atoms with van der Waals surface area (Å²) in [5.41, 5.74) is 2.58. The van der Waals surface area contributed by atoms with E-state index < -0.39 is 0 Å². The van der Waals surface area contributed by atoms with Gasteiger partial charge in [-0.2, -0.15) is 5.10 Å². The largest absolute Gasteiger partial charge is 0.496 e. The predicted molar refractivity (Wildman–Crippen MR) is 100 cm³/mol. The maximum absolute atomic E-state index is 5.58. The van der Waals surface area contributed by atoms with Crippen LogP contribution in [0.4, 0.5) is 0 Å². The highest BCUT2D eigenvalue weighted by Gasteiger charge is 2.49. The van der Waals surface area contributed by atoms with E-state index in [1.165, 1.54) is 16.0 Å². The first-order valence-electron chi connectivity index (χ1n) is 8.43. The van der Waals surface area contributed by atoms with Crippen molar-refractivity contribution in [3.05, 3.63) is 71.8 Å². The van der Waals surface area contributed by atoms with Crippen LogP contribution in [-0.4, -0.2) is 21.9 Å². The number of ether oxygens (including phenoxy) is 1. The zero-order valence-corrected chi connectivity index (χ0v) is 15.3. The Bertz CT molecular complexity index is 872. The van der Waals surface area contributed by atoms with Crippen molar-refractivity contribution in [2.45, 2.75) is 28.9 Å². The van der Waals surface area contributed by atoms with E-state index in [0.29, 0.717) is 0 Å². The van der Waals surface area contributed by atoms with Crippen LogP contribution in [0.2, 0.25) is 0 Å². The summed E-state index contributed by atoms with van der Waals surface area (Å²) in [6, 6.07) is 17.0. The maximum Gasteiger partial charge on any atom is 0.161 e. The Kier molecular flexibility index (Phi) is 4.25. The molecule has 0 atom stereocenters. The lowest BCUT2D eigenvalue weighted by Gasteiger charge is -2.16. The first-order valence-corrected chi connectivity index (χ1v) is 9.41. The van der Waals surface area contributed by atoms with Gasteiger partial charge in [0.1, 0.15) is 12.1 Å². The molecule has 0 aliphatic heterocycles. The molecule has 5 heteroatoms. The van der Waals surface area contributed by atoms with Gasteiger partial charge in [-0.05, 0) is 36.1 Å². The predicted octanol–water partition coefficient (Wildman–Crippen LogP) is 4.20. The van der Waals surface area contributed by atoms with E-state index in [1.54, 1.807) is 18.1 Å². The van der Waals surface area contributed by atoms with Crippen LogP contribution >= 0.6 is 11.8 Å². The molecule has 0 bridgehead atoms. The number of nitrogens with zero attached hydrogens (tertiary/aromatic N) is 3. The van der Waals surface area contributed by atoms with Gasteiger partial charge in [0.05, 0.1) is 12.5 Å². The van der Waals surface area contributed by atoms with Crippen molar-refractivity contribution >= 4 is 11.8 Å². The highest BCUT2D eigenvalue weighted by Crippen LogP contribution is 2.53. The fourth-order valence-electron chi connectivity index (χ4n) is 3.15. The molecule has 0 radical (unpaired) electrons. The Morgan fingerprint density at radius 1 is 1.16 bits per heavy atom. The van der Waals surface area contributed by atoms with Crippen molar-refractivity contribution < 1.29 is 4.74 Å². The third-order valence-corrected chi connectivity index (χ3v) is 5.84. The summed E-state index contributed by atoms with van der Waals surface area (Å²) in [5.74, 6) is 2.78. The van der Waals surface area contributed by atoms with Gasteiger partial charge in [-0.3, -0.25) is 4.68 Å². The molecule has 1 heterocycles. The summed E-state index contributed by atoms with van der Waals surface area (Å²) in [6.45, 7) is 0. The second kappa shape index (κ2) is 6.56. The van der Waals surface area contributed by atoms with Crippen molar-refractivity contribution in [2.24, 2.45) is 7.05 Å². The SMILES string of the molecule is COc1ccc(C2(c3ncn(C)n3)CC2)cc1SCc1ccccc1. The molecule has 2 aromatic carbocycles. The molecular weight excluding hydrogens is 330 g/mol. The average Bonchev–Trinajstić information content (AvgIpc) is 3.35. The molecule has 25 heavy (non-hydrogen) atoms. The zero-order valence-electron chi connectivity index (χ0n) is 14.5. The topological polar surface area (TPSA) is 39.9 Å². The monoisotopic (exact) mass is 351 g/mol. The number of hydrogen-bond acceptors (Lipinski definition) is 4. The van der Waals surface area contributed by atoms with Crippen LogP contribution in [0.3, 0.4) is 0 Å². The minimum absolute atomic E-state index is 0.0183. The van der Waals surface area contributed by atoms with E-state index >= 15 is 0 Å². The van der Waals surface area contributed by atoms with E-state index in [-0.39, 0.29) is 5.41 Å². The van der Waals surface area contributed by atoms with Gasteiger partial charge >= 0.3 is 0 Å². The minimum atomic E-state index is -0.0183. The lowest BCUT2D eigenvalue weighted by Crippen LogP contribution is -2.12. The van der Waals surface area contributed by atoms with Gasteiger partial charge in [-0.15, -0.1) is 11.8 Å². The third kappa shape index (κ3) is 3.16. The molecule has 4 nitrogen and oxygen atoms in total. The minimum Gasteiger partial charge on any atom is -0.496 e. The smallest absolute Gasteiger partial charge is 0.161 e. The molecule has 3 aromatic rings. The third-order valence-electron chi connectivity index (χ3n) is 4.73. The molecular formula is C20H21N3OS. The van der Waals surface area contributed by atoms with Crippen LogP contribution in [0.25, 0.3) is 0 Å². The number of aromatic nitrogens is 3. The quantitative estimate of drug-likeness (QED) is 0.624. The molecule has 0 saturated heterocycles. The summed E-state index contributed by atoms with van der Waals surface area (Å²) in [5, 5.41) is 4.55. The molecule has 128 valence electrons. The molecule has 0 amide bonds. The summed E-state index contributed by atoms with van der Waals surface area (Å²) >= 11 is 1.81. The standard InChI is InChI=1S/C20H21N3OS/c1-23-14-21-19(22-23)20(10-11-20)16-8-9-17(24-2)18(12-16)25-13-15-6-4-3-5-7-15/h3-9,12,14H,10-11,13H2,1-2H3. The van der Waals surface area contributed by atoms with E-state index in [9.17, 15) is 0 Å². The summed E-state index contributed by atoms with van der Waals surface area (Å²) in [7, 11) is 3.65. The van der Waals surface area contributed by atoms with Crippen molar-refractivity contribution in [3.63, 3.8) is 0 Å². The number of thioether (sulfide) groups is 1. The lowest BCUT2D eigenvalue weighted by atomic mass is 9.95.